The van der Waals surface area contributed by atoms with Crippen LogP contribution in [-0.2, 0) is 10.8 Å². The van der Waals surface area contributed by atoms with Crippen molar-refractivity contribution in [3.8, 4) is 0 Å². The minimum absolute atomic E-state index is 0.140. The first-order chi connectivity index (χ1) is 20.9. The van der Waals surface area contributed by atoms with Crippen molar-refractivity contribution >= 4 is 44.5 Å². The van der Waals surface area contributed by atoms with E-state index >= 15 is 0 Å². The molecule has 4 heteroatoms. The van der Waals surface area contributed by atoms with Gasteiger partial charge in [0.25, 0.3) is 0 Å². The van der Waals surface area contributed by atoms with E-state index in [-0.39, 0.29) is 16.9 Å². The average Bonchev–Trinajstić information content (AvgIpc) is 3.30. The van der Waals surface area contributed by atoms with Gasteiger partial charge >= 0.3 is 0 Å². The molecule has 4 aromatic carbocycles. The van der Waals surface area contributed by atoms with Crippen molar-refractivity contribution in [2.24, 2.45) is 0 Å². The highest BCUT2D eigenvalue weighted by Gasteiger charge is 2.51. The second-order valence-electron chi connectivity index (χ2n) is 14.0. The third kappa shape index (κ3) is 4.24. The third-order valence-corrected chi connectivity index (χ3v) is 11.1. The van der Waals surface area contributed by atoms with Gasteiger partial charge in [0.15, 0.2) is 0 Å². The number of benzene rings is 4. The zero-order valence-electron chi connectivity index (χ0n) is 26.6. The monoisotopic (exact) mass is 600 g/mol. The van der Waals surface area contributed by atoms with Gasteiger partial charge in [0, 0.05) is 40.5 Å². The van der Waals surface area contributed by atoms with Crippen LogP contribution in [0, 0.1) is 5.21 Å². The predicted molar refractivity (Wildman–Crippen MR) is 189 cm³/mol. The second kappa shape index (κ2) is 10.2. The minimum atomic E-state index is -0.417. The van der Waals surface area contributed by atoms with Crippen molar-refractivity contribution in [2.45, 2.75) is 63.8 Å². The van der Waals surface area contributed by atoms with E-state index in [2.05, 4.69) is 131 Å². The fourth-order valence-electron chi connectivity index (χ4n) is 8.41. The number of hydrogen-bond donors (Lipinski definition) is 0. The summed E-state index contributed by atoms with van der Waals surface area (Å²) in [4.78, 5) is 2.33. The third-order valence-electron chi connectivity index (χ3n) is 10.6. The molecule has 3 aliphatic rings. The number of rotatable bonds is 3. The van der Waals surface area contributed by atoms with Crippen LogP contribution in [0.4, 0.5) is 11.4 Å². The van der Waals surface area contributed by atoms with E-state index in [1.165, 1.54) is 38.5 Å². The largest absolute Gasteiger partial charge is 0.627 e. The van der Waals surface area contributed by atoms with Crippen LogP contribution < -0.4 is 9.55 Å². The highest BCUT2D eigenvalue weighted by Crippen LogP contribution is 2.52. The molecule has 0 bridgehead atoms. The molecule has 0 fully saturated rings. The summed E-state index contributed by atoms with van der Waals surface area (Å²) in [7, 11) is 3.97. The second-order valence-corrected chi connectivity index (χ2v) is 14.4. The first-order valence-electron chi connectivity index (χ1n) is 15.8. The number of anilines is 1. The lowest BCUT2D eigenvalue weighted by Crippen LogP contribution is -2.50. The van der Waals surface area contributed by atoms with Crippen molar-refractivity contribution in [2.75, 3.05) is 19.0 Å². The van der Waals surface area contributed by atoms with Gasteiger partial charge in [-0.2, -0.15) is 0 Å². The van der Waals surface area contributed by atoms with Gasteiger partial charge in [-0.1, -0.05) is 92.2 Å². The molecule has 0 N–H and O–H groups in total. The number of quaternary nitrogens is 1. The van der Waals surface area contributed by atoms with Gasteiger partial charge < -0.3 is 14.8 Å². The van der Waals surface area contributed by atoms with Crippen molar-refractivity contribution in [1.29, 1.82) is 0 Å². The summed E-state index contributed by atoms with van der Waals surface area (Å²) in [5, 5.41) is 20.0. The summed E-state index contributed by atoms with van der Waals surface area (Å²) in [6, 6.07) is 25.4. The maximum absolute atomic E-state index is 14.3. The Labute approximate surface area is 266 Å². The normalized spacial score (nSPS) is 26.0. The zero-order valence-corrected chi connectivity index (χ0v) is 27.4. The summed E-state index contributed by atoms with van der Waals surface area (Å²) in [6.45, 7) is 9.07. The number of hydrogen-bond acceptors (Lipinski definition) is 2. The molecule has 2 unspecified atom stereocenters. The summed E-state index contributed by atoms with van der Waals surface area (Å²) >= 11 is 7.14. The highest BCUT2D eigenvalue weighted by atomic mass is 35.5. The summed E-state index contributed by atoms with van der Waals surface area (Å²) in [6.07, 6.45) is 11.7. The van der Waals surface area contributed by atoms with Gasteiger partial charge in [0.05, 0.1) is 12.5 Å². The zero-order chi connectivity index (χ0) is 31.0. The molecule has 3 nitrogen and oxygen atoms in total. The molecule has 0 amide bonds. The molecule has 4 aromatic rings. The first kappa shape index (κ1) is 29.1. The summed E-state index contributed by atoms with van der Waals surface area (Å²) in [5.41, 5.74) is 7.74. The Morgan fingerprint density at radius 3 is 2.18 bits per heavy atom. The SMILES string of the molecule is CN1/C(=C/C=C2\CCCC(/C=C/C3C(C)(C)c4c(ccc5ccccc45)[N+]3(C)[O-])=C2Cl)C(C)(C)c2c1ccc1ccccc21. The Hall–Kier alpha value is -3.63. The Morgan fingerprint density at radius 1 is 0.841 bits per heavy atom. The fraction of sp³-hybridized carbons (Fsp3) is 0.300. The number of nitrogens with zero attached hydrogens (tertiary/aromatic N) is 2. The molecule has 7 rings (SSSR count). The van der Waals surface area contributed by atoms with E-state index in [4.69, 9.17) is 11.6 Å². The van der Waals surface area contributed by atoms with Crippen LogP contribution in [0.25, 0.3) is 21.5 Å². The number of fused-ring (bicyclic) bond motifs is 6. The predicted octanol–water partition coefficient (Wildman–Crippen LogP) is 10.6. The average molecular weight is 601 g/mol. The van der Waals surface area contributed by atoms with E-state index in [1.807, 2.05) is 6.07 Å². The summed E-state index contributed by atoms with van der Waals surface area (Å²) < 4.78 is -0.417. The number of likely N-dealkylation sites (N-methyl/N-ethyl adjacent to an activating group) is 2. The van der Waals surface area contributed by atoms with Crippen LogP contribution in [0.3, 0.4) is 0 Å². The standard InChI is InChI=1S/C40H41ClN2O/c1-39(2)34(42(5)32-22-18-26-12-7-9-16-30(26)36(32)39)24-20-28-14-11-15-29(38(28)41)21-25-35-40(3,4)37-31-17-10-8-13-27(31)19-23-33(37)43(35,6)44/h7-10,12-13,16-25,35H,11,14-15H2,1-6H3/b25-21+,28-20+,34-24+. The summed E-state index contributed by atoms with van der Waals surface area (Å²) in [5.74, 6) is 0. The highest BCUT2D eigenvalue weighted by molar-refractivity contribution is 6.32. The maximum Gasteiger partial charge on any atom is 0.137 e. The molecule has 224 valence electrons. The first-order valence-corrected chi connectivity index (χ1v) is 16.2. The van der Waals surface area contributed by atoms with Crippen LogP contribution >= 0.6 is 11.6 Å². The van der Waals surface area contributed by atoms with Crippen molar-refractivity contribution in [3.05, 3.63) is 135 Å². The quantitative estimate of drug-likeness (QED) is 0.173. The Kier molecular flexibility index (Phi) is 6.75. The minimum Gasteiger partial charge on any atom is -0.627 e. The van der Waals surface area contributed by atoms with Crippen LogP contribution in [-0.4, -0.2) is 20.1 Å². The van der Waals surface area contributed by atoms with Crippen LogP contribution in [0.2, 0.25) is 0 Å². The molecule has 2 heterocycles. The molecular formula is C40H41ClN2O. The van der Waals surface area contributed by atoms with Gasteiger partial charge in [-0.05, 0) is 95.6 Å². The Bertz CT molecular complexity index is 1960. The number of halogens is 1. The van der Waals surface area contributed by atoms with Gasteiger partial charge in [-0.3, -0.25) is 0 Å². The lowest BCUT2D eigenvalue weighted by molar-refractivity contribution is 0.313. The molecule has 1 aliphatic carbocycles. The lowest BCUT2D eigenvalue weighted by Gasteiger charge is -2.42. The fourth-order valence-corrected chi connectivity index (χ4v) is 8.73. The number of hydroxylamine groups is 2. The Morgan fingerprint density at radius 2 is 1.48 bits per heavy atom. The molecule has 2 aliphatic heterocycles. The van der Waals surface area contributed by atoms with Gasteiger partial charge in [-0.15, -0.1) is 0 Å². The van der Waals surface area contributed by atoms with E-state index in [0.29, 0.717) is 0 Å². The smallest absolute Gasteiger partial charge is 0.137 e. The Balaban J connectivity index is 1.22. The van der Waals surface area contributed by atoms with Crippen molar-refractivity contribution in [3.63, 3.8) is 0 Å². The topological polar surface area (TPSA) is 26.3 Å². The van der Waals surface area contributed by atoms with E-state index in [0.717, 1.165) is 46.7 Å². The van der Waals surface area contributed by atoms with E-state index < -0.39 is 4.65 Å². The molecule has 44 heavy (non-hydrogen) atoms. The van der Waals surface area contributed by atoms with Gasteiger partial charge in [-0.25, -0.2) is 0 Å². The molecule has 0 saturated carbocycles. The van der Waals surface area contributed by atoms with Crippen LogP contribution in [0.15, 0.2) is 119 Å². The molecule has 0 aromatic heterocycles. The maximum atomic E-state index is 14.3. The van der Waals surface area contributed by atoms with Gasteiger partial charge in [0.2, 0.25) is 0 Å². The van der Waals surface area contributed by atoms with Crippen LogP contribution in [0.5, 0.6) is 0 Å². The van der Waals surface area contributed by atoms with Crippen molar-refractivity contribution in [1.82, 2.24) is 4.65 Å². The van der Waals surface area contributed by atoms with E-state index in [1.54, 1.807) is 7.05 Å². The molecule has 0 radical (unpaired) electrons. The lowest BCUT2D eigenvalue weighted by atomic mass is 9.78. The molecular weight excluding hydrogens is 560 g/mol. The molecule has 0 spiro atoms. The van der Waals surface area contributed by atoms with Crippen LogP contribution in [0.1, 0.15) is 58.1 Å². The molecule has 2 atom stereocenters. The van der Waals surface area contributed by atoms with Gasteiger partial charge in [0.1, 0.15) is 11.7 Å². The van der Waals surface area contributed by atoms with Crippen molar-refractivity contribution < 1.29 is 0 Å². The van der Waals surface area contributed by atoms with E-state index in [9.17, 15) is 5.21 Å². The molecule has 0 saturated heterocycles. The number of allylic oxidation sites excluding steroid dienone is 7.